The topological polar surface area (TPSA) is 61.4 Å². The molecule has 2 N–H and O–H groups in total. The van der Waals surface area contributed by atoms with Crippen LogP contribution in [0.4, 0.5) is 15.8 Å². The third kappa shape index (κ3) is 5.36. The summed E-state index contributed by atoms with van der Waals surface area (Å²) in [5.41, 5.74) is 1.22. The first-order valence-corrected chi connectivity index (χ1v) is 8.52. The second kappa shape index (κ2) is 8.42. The van der Waals surface area contributed by atoms with Gasteiger partial charge in [-0.1, -0.05) is 30.3 Å². The van der Waals surface area contributed by atoms with Gasteiger partial charge in [0.15, 0.2) is 0 Å². The van der Waals surface area contributed by atoms with E-state index < -0.39 is 0 Å². The van der Waals surface area contributed by atoms with Gasteiger partial charge in [-0.25, -0.2) is 4.39 Å². The van der Waals surface area contributed by atoms with Gasteiger partial charge in [0, 0.05) is 11.4 Å². The van der Waals surface area contributed by atoms with Crippen LogP contribution in [0.1, 0.15) is 0 Å². The van der Waals surface area contributed by atoms with Crippen molar-refractivity contribution >= 4 is 34.0 Å². The molecule has 0 heterocycles. The second-order valence-corrected chi connectivity index (χ2v) is 6.34. The van der Waals surface area contributed by atoms with Gasteiger partial charge in [-0.05, 0) is 54.2 Å². The lowest BCUT2D eigenvalue weighted by molar-refractivity contribution is -0.119. The Hall–Kier alpha value is -3.25. The zero-order valence-electron chi connectivity index (χ0n) is 14.9. The summed E-state index contributed by atoms with van der Waals surface area (Å²) in [6.45, 7) is 0.117. The zero-order chi connectivity index (χ0) is 19.2. The molecule has 3 aromatic carbocycles. The molecule has 5 nitrogen and oxygen atoms in total. The maximum absolute atomic E-state index is 12.9. The third-order valence-electron chi connectivity index (χ3n) is 3.99. The van der Waals surface area contributed by atoms with Gasteiger partial charge in [-0.3, -0.25) is 14.5 Å². The summed E-state index contributed by atoms with van der Waals surface area (Å²) in [5, 5.41) is 7.65. The lowest BCUT2D eigenvalue weighted by Crippen LogP contribution is -2.36. The lowest BCUT2D eigenvalue weighted by atomic mass is 10.1. The minimum Gasteiger partial charge on any atom is -0.325 e. The molecule has 6 heteroatoms. The Kier molecular flexibility index (Phi) is 5.78. The van der Waals surface area contributed by atoms with Crippen molar-refractivity contribution in [3.05, 3.63) is 72.5 Å². The fourth-order valence-electron chi connectivity index (χ4n) is 2.75. The summed E-state index contributed by atoms with van der Waals surface area (Å²) in [7, 11) is 1.68. The van der Waals surface area contributed by atoms with Crippen LogP contribution < -0.4 is 10.6 Å². The van der Waals surface area contributed by atoms with Crippen LogP contribution in [0.2, 0.25) is 0 Å². The molecule has 0 aliphatic carbocycles. The van der Waals surface area contributed by atoms with Crippen molar-refractivity contribution < 1.29 is 14.0 Å². The maximum atomic E-state index is 12.9. The van der Waals surface area contributed by atoms with Crippen LogP contribution in [0.15, 0.2) is 66.7 Å². The van der Waals surface area contributed by atoms with Gasteiger partial charge in [0.25, 0.3) is 0 Å². The molecule has 0 bridgehead atoms. The summed E-state index contributed by atoms with van der Waals surface area (Å²) < 4.78 is 12.9. The quantitative estimate of drug-likeness (QED) is 0.703. The van der Waals surface area contributed by atoms with E-state index in [1.165, 1.54) is 24.3 Å². The Labute approximate surface area is 156 Å². The number of halogens is 1. The van der Waals surface area contributed by atoms with E-state index in [1.807, 2.05) is 42.5 Å². The fraction of sp³-hybridized carbons (Fsp3) is 0.143. The maximum Gasteiger partial charge on any atom is 0.238 e. The van der Waals surface area contributed by atoms with Gasteiger partial charge in [0.1, 0.15) is 5.82 Å². The van der Waals surface area contributed by atoms with Crippen LogP contribution in [0.25, 0.3) is 10.8 Å². The first-order chi connectivity index (χ1) is 13.0. The molecule has 3 aromatic rings. The molecule has 0 saturated heterocycles. The molecular formula is C21H20FN3O2. The monoisotopic (exact) mass is 365 g/mol. The Balaban J connectivity index is 1.50. The van der Waals surface area contributed by atoms with Gasteiger partial charge < -0.3 is 10.6 Å². The molecule has 0 aromatic heterocycles. The average molecular weight is 365 g/mol. The number of likely N-dealkylation sites (N-methyl/N-ethyl adjacent to an activating group) is 1. The van der Waals surface area contributed by atoms with Gasteiger partial charge in [-0.15, -0.1) is 0 Å². The molecule has 3 rings (SSSR count). The minimum atomic E-state index is -0.365. The number of hydrogen-bond donors (Lipinski definition) is 2. The summed E-state index contributed by atoms with van der Waals surface area (Å²) in [5.74, 6) is -0.847. The highest BCUT2D eigenvalue weighted by molar-refractivity contribution is 5.96. The molecule has 2 amide bonds. The van der Waals surface area contributed by atoms with E-state index >= 15 is 0 Å². The van der Waals surface area contributed by atoms with Gasteiger partial charge >= 0.3 is 0 Å². The second-order valence-electron chi connectivity index (χ2n) is 6.34. The molecule has 27 heavy (non-hydrogen) atoms. The Bertz CT molecular complexity index is 957. The fourth-order valence-corrected chi connectivity index (χ4v) is 2.75. The smallest absolute Gasteiger partial charge is 0.238 e. The van der Waals surface area contributed by atoms with E-state index in [2.05, 4.69) is 10.6 Å². The molecule has 0 atom stereocenters. The number of nitrogens with one attached hydrogen (secondary N) is 2. The number of nitrogens with zero attached hydrogens (tertiary/aromatic N) is 1. The number of fused-ring (bicyclic) bond motifs is 1. The minimum absolute atomic E-state index is 0.0442. The van der Waals surface area contributed by atoms with E-state index in [4.69, 9.17) is 0 Å². The van der Waals surface area contributed by atoms with Crippen LogP contribution in [-0.4, -0.2) is 36.9 Å². The van der Waals surface area contributed by atoms with E-state index in [0.717, 1.165) is 10.8 Å². The number of hydrogen-bond acceptors (Lipinski definition) is 3. The normalized spacial score (nSPS) is 10.8. The average Bonchev–Trinajstić information content (AvgIpc) is 2.63. The SMILES string of the molecule is CN(CC(=O)Nc1ccc(F)cc1)CC(=O)Nc1ccc2ccccc2c1. The molecular weight excluding hydrogens is 345 g/mol. The summed E-state index contributed by atoms with van der Waals surface area (Å²) in [6.07, 6.45) is 0. The van der Waals surface area contributed by atoms with Gasteiger partial charge in [-0.2, -0.15) is 0 Å². The van der Waals surface area contributed by atoms with Gasteiger partial charge in [0.05, 0.1) is 13.1 Å². The van der Waals surface area contributed by atoms with Crippen molar-refractivity contribution in [2.75, 3.05) is 30.8 Å². The van der Waals surface area contributed by atoms with Crippen molar-refractivity contribution in [3.8, 4) is 0 Å². The zero-order valence-corrected chi connectivity index (χ0v) is 14.9. The molecule has 0 spiro atoms. The molecule has 0 radical (unpaired) electrons. The van der Waals surface area contributed by atoms with Crippen molar-refractivity contribution in [2.45, 2.75) is 0 Å². The van der Waals surface area contributed by atoms with Crippen LogP contribution in [0.5, 0.6) is 0 Å². The van der Waals surface area contributed by atoms with Crippen LogP contribution in [0, 0.1) is 5.82 Å². The highest BCUT2D eigenvalue weighted by atomic mass is 19.1. The summed E-state index contributed by atoms with van der Waals surface area (Å²) in [4.78, 5) is 25.8. The standard InChI is InChI=1S/C21H20FN3O2/c1-25(13-20(26)23-18-10-7-17(22)8-11-18)14-21(27)24-19-9-6-15-4-2-3-5-16(15)12-19/h2-12H,13-14H2,1H3,(H,23,26)(H,24,27). The molecule has 0 saturated carbocycles. The molecule has 0 fully saturated rings. The Morgan fingerprint density at radius 1 is 0.815 bits per heavy atom. The number of carbonyl (C=O) groups excluding carboxylic acids is 2. The number of rotatable bonds is 6. The van der Waals surface area contributed by atoms with E-state index in [-0.39, 0.29) is 30.7 Å². The van der Waals surface area contributed by atoms with Crippen molar-refractivity contribution in [2.24, 2.45) is 0 Å². The lowest BCUT2D eigenvalue weighted by Gasteiger charge is -2.16. The number of anilines is 2. The molecule has 0 unspecified atom stereocenters. The highest BCUT2D eigenvalue weighted by Gasteiger charge is 2.11. The third-order valence-corrected chi connectivity index (χ3v) is 3.99. The van der Waals surface area contributed by atoms with Crippen LogP contribution in [0.3, 0.4) is 0 Å². The van der Waals surface area contributed by atoms with E-state index in [1.54, 1.807) is 11.9 Å². The van der Waals surface area contributed by atoms with Crippen LogP contribution in [-0.2, 0) is 9.59 Å². The largest absolute Gasteiger partial charge is 0.325 e. The van der Waals surface area contributed by atoms with Crippen LogP contribution >= 0.6 is 0 Å². The first-order valence-electron chi connectivity index (χ1n) is 8.52. The predicted octanol–water partition coefficient (Wildman–Crippen LogP) is 3.49. The molecule has 138 valence electrons. The highest BCUT2D eigenvalue weighted by Crippen LogP contribution is 2.18. The van der Waals surface area contributed by atoms with E-state index in [0.29, 0.717) is 11.4 Å². The van der Waals surface area contributed by atoms with Crippen molar-refractivity contribution in [1.82, 2.24) is 4.90 Å². The Morgan fingerprint density at radius 2 is 1.37 bits per heavy atom. The Morgan fingerprint density at radius 3 is 2.04 bits per heavy atom. The first kappa shape index (κ1) is 18.5. The summed E-state index contributed by atoms with van der Waals surface area (Å²) in [6, 6.07) is 19.1. The molecule has 0 aliphatic heterocycles. The number of carbonyl (C=O) groups is 2. The number of benzene rings is 3. The number of amides is 2. The predicted molar refractivity (Wildman–Crippen MR) is 105 cm³/mol. The van der Waals surface area contributed by atoms with Crippen molar-refractivity contribution in [3.63, 3.8) is 0 Å². The summed E-state index contributed by atoms with van der Waals surface area (Å²) >= 11 is 0. The van der Waals surface area contributed by atoms with Crippen molar-refractivity contribution in [1.29, 1.82) is 0 Å². The van der Waals surface area contributed by atoms with E-state index in [9.17, 15) is 14.0 Å². The molecule has 0 aliphatic rings. The van der Waals surface area contributed by atoms with Gasteiger partial charge in [0.2, 0.25) is 11.8 Å².